The van der Waals surface area contributed by atoms with Gasteiger partial charge in [-0.1, -0.05) is 13.8 Å². The molecule has 1 N–H and O–H groups in total. The maximum atomic E-state index is 13.4. The summed E-state index contributed by atoms with van der Waals surface area (Å²) < 4.78 is 10.5. The van der Waals surface area contributed by atoms with Crippen molar-refractivity contribution in [2.75, 3.05) is 46.9 Å². The fourth-order valence-corrected chi connectivity index (χ4v) is 3.26. The van der Waals surface area contributed by atoms with Gasteiger partial charge in [-0.25, -0.2) is 9.59 Å². The maximum absolute atomic E-state index is 13.4. The van der Waals surface area contributed by atoms with E-state index in [4.69, 9.17) is 9.47 Å². The van der Waals surface area contributed by atoms with Crippen LogP contribution in [0.5, 0.6) is 0 Å². The van der Waals surface area contributed by atoms with E-state index in [-0.39, 0.29) is 37.3 Å². The van der Waals surface area contributed by atoms with E-state index in [9.17, 15) is 19.5 Å². The van der Waals surface area contributed by atoms with Gasteiger partial charge in [-0.2, -0.15) is 0 Å². The van der Waals surface area contributed by atoms with Gasteiger partial charge in [-0.3, -0.25) is 14.6 Å². The number of carboxylic acids is 1. The van der Waals surface area contributed by atoms with Crippen LogP contribution in [0.25, 0.3) is 0 Å². The van der Waals surface area contributed by atoms with Crippen LogP contribution in [0.1, 0.15) is 41.0 Å². The number of carbonyl (C=O) groups is 3. The Kier molecular flexibility index (Phi) is 11.7. The van der Waals surface area contributed by atoms with Gasteiger partial charge >= 0.3 is 12.1 Å². The van der Waals surface area contributed by atoms with Gasteiger partial charge in [0.2, 0.25) is 5.91 Å². The molecular weight excluding hydrogens is 414 g/mol. The number of amides is 2. The van der Waals surface area contributed by atoms with Crippen LogP contribution in [0.15, 0.2) is 0 Å². The van der Waals surface area contributed by atoms with Crippen LogP contribution >= 0.6 is 12.4 Å². The molecule has 0 saturated carbocycles. The summed E-state index contributed by atoms with van der Waals surface area (Å²) in [5, 5.41) is 9.71. The lowest BCUT2D eigenvalue weighted by molar-refractivity contribution is -0.156. The van der Waals surface area contributed by atoms with Gasteiger partial charge in [0.15, 0.2) is 0 Å². The Morgan fingerprint density at radius 1 is 1.20 bits per heavy atom. The SMILES string of the molecule is COCCN1CCN(C(=O)[C@H](CC(C)C)N(C)C(=O)OC(C)(C)C)[C@@H](C(=O)O)C1.Cl. The van der Waals surface area contributed by atoms with Gasteiger partial charge < -0.3 is 19.5 Å². The smallest absolute Gasteiger partial charge is 0.410 e. The molecular formula is C20H38ClN3O6. The fourth-order valence-electron chi connectivity index (χ4n) is 3.26. The highest BCUT2D eigenvalue weighted by Crippen LogP contribution is 2.20. The average Bonchev–Trinajstić information content (AvgIpc) is 2.61. The minimum absolute atomic E-state index is 0. The molecule has 1 heterocycles. The number of rotatable bonds is 8. The molecule has 10 heteroatoms. The molecule has 0 aromatic rings. The quantitative estimate of drug-likeness (QED) is 0.601. The van der Waals surface area contributed by atoms with Crippen LogP contribution < -0.4 is 0 Å². The first-order valence-electron chi connectivity index (χ1n) is 10.1. The first-order chi connectivity index (χ1) is 13.4. The third-order valence-corrected chi connectivity index (χ3v) is 4.77. The van der Waals surface area contributed by atoms with E-state index in [0.29, 0.717) is 26.1 Å². The molecule has 2 atom stereocenters. The number of hydrogen-bond donors (Lipinski definition) is 1. The van der Waals surface area contributed by atoms with Crippen molar-refractivity contribution < 1.29 is 29.0 Å². The summed E-state index contributed by atoms with van der Waals surface area (Å²) in [5.74, 6) is -1.27. The zero-order chi connectivity index (χ0) is 22.4. The third kappa shape index (κ3) is 8.65. The van der Waals surface area contributed by atoms with E-state index in [0.717, 1.165) is 0 Å². The maximum Gasteiger partial charge on any atom is 0.410 e. The predicted molar refractivity (Wildman–Crippen MR) is 116 cm³/mol. The molecule has 0 radical (unpaired) electrons. The van der Waals surface area contributed by atoms with E-state index in [2.05, 4.69) is 0 Å². The van der Waals surface area contributed by atoms with Crippen LogP contribution in [0.3, 0.4) is 0 Å². The minimum Gasteiger partial charge on any atom is -0.480 e. The van der Waals surface area contributed by atoms with Crippen molar-refractivity contribution >= 4 is 30.4 Å². The number of aliphatic carboxylic acids is 1. The molecule has 1 aliphatic rings. The van der Waals surface area contributed by atoms with Crippen molar-refractivity contribution in [3.05, 3.63) is 0 Å². The van der Waals surface area contributed by atoms with Gasteiger partial charge in [-0.05, 0) is 33.1 Å². The van der Waals surface area contributed by atoms with Gasteiger partial charge in [0.1, 0.15) is 17.7 Å². The number of carboxylic acid groups (broad SMARTS) is 1. The largest absolute Gasteiger partial charge is 0.480 e. The summed E-state index contributed by atoms with van der Waals surface area (Å²) in [6.45, 7) is 11.4. The number of nitrogens with zero attached hydrogens (tertiary/aromatic N) is 3. The first-order valence-corrected chi connectivity index (χ1v) is 10.1. The zero-order valence-electron chi connectivity index (χ0n) is 19.2. The molecule has 0 spiro atoms. The van der Waals surface area contributed by atoms with Crippen LogP contribution in [-0.4, -0.2) is 102 Å². The number of halogens is 1. The Bertz CT molecular complexity index is 581. The molecule has 0 bridgehead atoms. The molecule has 176 valence electrons. The summed E-state index contributed by atoms with van der Waals surface area (Å²) in [4.78, 5) is 42.4. The van der Waals surface area contributed by atoms with Crippen molar-refractivity contribution in [3.8, 4) is 0 Å². The second kappa shape index (κ2) is 12.3. The third-order valence-electron chi connectivity index (χ3n) is 4.77. The number of ether oxygens (including phenoxy) is 2. The van der Waals surface area contributed by atoms with Gasteiger partial charge in [0, 0.05) is 40.3 Å². The second-order valence-corrected chi connectivity index (χ2v) is 8.92. The molecule has 1 fully saturated rings. The normalized spacial score (nSPS) is 18.5. The van der Waals surface area contributed by atoms with Gasteiger partial charge in [-0.15, -0.1) is 12.4 Å². The molecule has 0 aromatic carbocycles. The number of piperazine rings is 1. The fraction of sp³-hybridized carbons (Fsp3) is 0.850. The van der Waals surface area contributed by atoms with Gasteiger partial charge in [0.25, 0.3) is 0 Å². The molecule has 0 unspecified atom stereocenters. The van der Waals surface area contributed by atoms with Crippen molar-refractivity contribution in [2.24, 2.45) is 5.92 Å². The van der Waals surface area contributed by atoms with Crippen LogP contribution in [0.4, 0.5) is 4.79 Å². The summed E-state index contributed by atoms with van der Waals surface area (Å²) in [6.07, 6.45) is -0.174. The second-order valence-electron chi connectivity index (χ2n) is 8.92. The molecule has 0 aliphatic carbocycles. The highest BCUT2D eigenvalue weighted by Gasteiger charge is 2.40. The number of likely N-dealkylation sites (N-methyl/N-ethyl adjacent to an activating group) is 1. The molecule has 9 nitrogen and oxygen atoms in total. The zero-order valence-corrected chi connectivity index (χ0v) is 20.0. The molecule has 0 aromatic heterocycles. The lowest BCUT2D eigenvalue weighted by Gasteiger charge is -2.42. The van der Waals surface area contributed by atoms with Gasteiger partial charge in [0.05, 0.1) is 6.61 Å². The Balaban J connectivity index is 0.00000841. The summed E-state index contributed by atoms with van der Waals surface area (Å²) in [5.41, 5.74) is -0.687. The highest BCUT2D eigenvalue weighted by atomic mass is 35.5. The van der Waals surface area contributed by atoms with Crippen molar-refractivity contribution in [1.29, 1.82) is 0 Å². The lowest BCUT2D eigenvalue weighted by atomic mass is 10.00. The van der Waals surface area contributed by atoms with Crippen LogP contribution in [0, 0.1) is 5.92 Å². The Hall–Kier alpha value is -1.58. The molecule has 30 heavy (non-hydrogen) atoms. The lowest BCUT2D eigenvalue weighted by Crippen LogP contribution is -2.62. The van der Waals surface area contributed by atoms with E-state index in [1.807, 2.05) is 18.7 Å². The van der Waals surface area contributed by atoms with Crippen molar-refractivity contribution in [3.63, 3.8) is 0 Å². The molecule has 1 aliphatic heterocycles. The van der Waals surface area contributed by atoms with E-state index >= 15 is 0 Å². The molecule has 1 rings (SSSR count). The molecule has 2 amide bonds. The summed E-state index contributed by atoms with van der Waals surface area (Å²) in [7, 11) is 3.13. The average molecular weight is 452 g/mol. The van der Waals surface area contributed by atoms with Crippen molar-refractivity contribution in [2.45, 2.75) is 58.7 Å². The Morgan fingerprint density at radius 3 is 2.27 bits per heavy atom. The topological polar surface area (TPSA) is 99.6 Å². The standard InChI is InChI=1S/C20H37N3O6.ClH/c1-14(2)12-15(21(6)19(27)29-20(3,4)5)17(24)23-9-8-22(10-11-28-7)13-16(23)18(25)26;/h14-16H,8-13H2,1-7H3,(H,25,26);1H/t15-,16+;/m0./s1. The Morgan fingerprint density at radius 2 is 1.80 bits per heavy atom. The van der Waals surface area contributed by atoms with E-state index in [1.165, 1.54) is 16.8 Å². The first kappa shape index (κ1) is 28.4. The van der Waals surface area contributed by atoms with Crippen LogP contribution in [-0.2, 0) is 19.1 Å². The van der Waals surface area contributed by atoms with Crippen LogP contribution in [0.2, 0.25) is 0 Å². The van der Waals surface area contributed by atoms with Crippen molar-refractivity contribution in [1.82, 2.24) is 14.7 Å². The van der Waals surface area contributed by atoms with E-state index < -0.39 is 29.7 Å². The highest BCUT2D eigenvalue weighted by molar-refractivity contribution is 5.89. The van der Waals surface area contributed by atoms with E-state index in [1.54, 1.807) is 27.9 Å². The molecule has 1 saturated heterocycles. The Labute approximate surface area is 186 Å². The predicted octanol–water partition coefficient (Wildman–Crippen LogP) is 1.93. The number of hydrogen-bond acceptors (Lipinski definition) is 6. The minimum atomic E-state index is -1.05. The monoisotopic (exact) mass is 451 g/mol. The summed E-state index contributed by atoms with van der Waals surface area (Å²) >= 11 is 0. The number of methoxy groups -OCH3 is 1. The number of carbonyl (C=O) groups excluding carboxylic acids is 2. The summed E-state index contributed by atoms with van der Waals surface area (Å²) in [6, 6.07) is -1.74.